The Bertz CT molecular complexity index is 422. The lowest BCUT2D eigenvalue weighted by atomic mass is 10.1. The molecule has 1 rings (SSSR count). The van der Waals surface area contributed by atoms with Crippen molar-refractivity contribution in [2.45, 2.75) is 6.04 Å². The van der Waals surface area contributed by atoms with E-state index in [0.29, 0.717) is 13.4 Å². The highest BCUT2D eigenvalue weighted by Gasteiger charge is 2.22. The maximum atomic E-state index is 10.7. The molecule has 0 amide bonds. The van der Waals surface area contributed by atoms with E-state index in [-0.39, 0.29) is 11.3 Å². The van der Waals surface area contributed by atoms with Crippen LogP contribution in [-0.4, -0.2) is 16.2 Å². The Kier molecular flexibility index (Phi) is 4.16. The van der Waals surface area contributed by atoms with Crippen molar-refractivity contribution in [3.05, 3.63) is 25.0 Å². The summed E-state index contributed by atoms with van der Waals surface area (Å²) in [4.78, 5) is 10.7. The molecule has 0 heterocycles. The number of phenolic OH excluding ortho intramolecular Hbond substituents is 1. The summed E-state index contributed by atoms with van der Waals surface area (Å²) in [5.74, 6) is -1.38. The maximum Gasteiger partial charge on any atom is 0.325 e. The van der Waals surface area contributed by atoms with E-state index in [1.165, 1.54) is 6.07 Å². The van der Waals surface area contributed by atoms with Crippen LogP contribution in [-0.2, 0) is 4.79 Å². The highest BCUT2D eigenvalue weighted by atomic mass is 79.9. The minimum atomic E-state index is -1.26. The summed E-state index contributed by atoms with van der Waals surface area (Å²) in [7, 11) is 0. The van der Waals surface area contributed by atoms with Gasteiger partial charge in [0.25, 0.3) is 0 Å². The van der Waals surface area contributed by atoms with Gasteiger partial charge >= 0.3 is 5.97 Å². The van der Waals surface area contributed by atoms with Gasteiger partial charge in [-0.25, -0.2) is 0 Å². The average Bonchev–Trinajstić information content (AvgIpc) is 2.19. The number of phenols is 1. The summed E-state index contributed by atoms with van der Waals surface area (Å²) in [5, 5.41) is 18.4. The van der Waals surface area contributed by atoms with E-state index < -0.39 is 12.0 Å². The van der Waals surface area contributed by atoms with Gasteiger partial charge in [-0.1, -0.05) is 0 Å². The third-order valence-electron chi connectivity index (χ3n) is 1.77. The molecule has 0 aliphatic rings. The molecule has 0 aliphatic heterocycles. The number of aliphatic carboxylic acids is 1. The SMILES string of the molecule is N[C@H](C(=O)O)c1cc(Br)c(Br)c(Br)c1O. The maximum absolute atomic E-state index is 10.7. The quantitative estimate of drug-likeness (QED) is 0.663. The van der Waals surface area contributed by atoms with Crippen molar-refractivity contribution in [1.82, 2.24) is 0 Å². The van der Waals surface area contributed by atoms with Gasteiger partial charge in [0.15, 0.2) is 0 Å². The van der Waals surface area contributed by atoms with Crippen LogP contribution in [0.4, 0.5) is 0 Å². The van der Waals surface area contributed by atoms with Crippen LogP contribution in [0.5, 0.6) is 5.75 Å². The summed E-state index contributed by atoms with van der Waals surface area (Å²) in [6, 6.07) is 0.203. The molecule has 0 aliphatic carbocycles. The van der Waals surface area contributed by atoms with Crippen LogP contribution in [0.25, 0.3) is 0 Å². The van der Waals surface area contributed by atoms with Gasteiger partial charge in [-0.05, 0) is 53.9 Å². The van der Waals surface area contributed by atoms with E-state index in [2.05, 4.69) is 47.8 Å². The van der Waals surface area contributed by atoms with Gasteiger partial charge in [-0.3, -0.25) is 4.79 Å². The first-order valence-corrected chi connectivity index (χ1v) is 6.09. The monoisotopic (exact) mass is 401 g/mol. The van der Waals surface area contributed by atoms with E-state index in [1.807, 2.05) is 0 Å². The van der Waals surface area contributed by atoms with Crippen LogP contribution in [0, 0.1) is 0 Å². The van der Waals surface area contributed by atoms with Gasteiger partial charge in [-0.15, -0.1) is 0 Å². The summed E-state index contributed by atoms with van der Waals surface area (Å²) >= 11 is 9.54. The lowest BCUT2D eigenvalue weighted by Crippen LogP contribution is -2.20. The Balaban J connectivity index is 3.38. The molecule has 0 aromatic heterocycles. The van der Waals surface area contributed by atoms with Crippen molar-refractivity contribution in [3.8, 4) is 5.75 Å². The molecule has 0 fully saturated rings. The lowest BCUT2D eigenvalue weighted by Gasteiger charge is -2.12. The number of hydrogen-bond donors (Lipinski definition) is 3. The van der Waals surface area contributed by atoms with Crippen LogP contribution < -0.4 is 5.73 Å². The van der Waals surface area contributed by atoms with E-state index in [0.717, 1.165) is 0 Å². The number of carbonyl (C=O) groups is 1. The summed E-state index contributed by atoms with van der Waals surface area (Å²) in [5.41, 5.74) is 5.55. The first-order chi connectivity index (χ1) is 6.86. The van der Waals surface area contributed by atoms with Gasteiger partial charge in [0.2, 0.25) is 0 Å². The summed E-state index contributed by atoms with van der Waals surface area (Å²) in [6.07, 6.45) is 0. The van der Waals surface area contributed by atoms with Crippen molar-refractivity contribution in [2.24, 2.45) is 5.73 Å². The minimum absolute atomic E-state index is 0.143. The smallest absolute Gasteiger partial charge is 0.325 e. The Morgan fingerprint density at radius 3 is 2.33 bits per heavy atom. The number of halogens is 3. The van der Waals surface area contributed by atoms with E-state index in [4.69, 9.17) is 10.8 Å². The zero-order valence-electron chi connectivity index (χ0n) is 7.17. The first kappa shape index (κ1) is 13.0. The highest BCUT2D eigenvalue weighted by molar-refractivity contribution is 9.14. The number of rotatable bonds is 2. The summed E-state index contributed by atoms with van der Waals surface area (Å²) < 4.78 is 1.57. The molecular weight excluding hydrogens is 398 g/mol. The zero-order valence-corrected chi connectivity index (χ0v) is 11.9. The second kappa shape index (κ2) is 4.82. The van der Waals surface area contributed by atoms with E-state index in [9.17, 15) is 9.90 Å². The van der Waals surface area contributed by atoms with Gasteiger partial charge in [0.1, 0.15) is 11.8 Å². The normalized spacial score (nSPS) is 12.5. The molecule has 0 unspecified atom stereocenters. The van der Waals surface area contributed by atoms with Crippen LogP contribution in [0.1, 0.15) is 11.6 Å². The fraction of sp³-hybridized carbons (Fsp3) is 0.125. The fourth-order valence-electron chi connectivity index (χ4n) is 0.974. The number of benzene rings is 1. The fourth-order valence-corrected chi connectivity index (χ4v) is 2.43. The van der Waals surface area contributed by atoms with Crippen molar-refractivity contribution >= 4 is 53.8 Å². The lowest BCUT2D eigenvalue weighted by molar-refractivity contribution is -0.138. The standard InChI is InChI=1S/C8H6Br3NO3/c9-3-1-2(6(12)8(14)15)7(13)5(11)4(3)10/h1,6,13H,12H2,(H,14,15)/t6-/m0/s1. The van der Waals surface area contributed by atoms with Crippen molar-refractivity contribution in [1.29, 1.82) is 0 Å². The molecule has 0 spiro atoms. The molecule has 0 saturated heterocycles. The largest absolute Gasteiger partial charge is 0.506 e. The Morgan fingerprint density at radius 2 is 1.87 bits per heavy atom. The van der Waals surface area contributed by atoms with Crippen LogP contribution in [0.3, 0.4) is 0 Å². The van der Waals surface area contributed by atoms with E-state index >= 15 is 0 Å². The van der Waals surface area contributed by atoms with Crippen molar-refractivity contribution in [2.75, 3.05) is 0 Å². The topological polar surface area (TPSA) is 83.6 Å². The van der Waals surface area contributed by atoms with Crippen LogP contribution >= 0.6 is 47.8 Å². The highest BCUT2D eigenvalue weighted by Crippen LogP contribution is 2.41. The molecule has 4 nitrogen and oxygen atoms in total. The number of carboxylic acid groups (broad SMARTS) is 1. The molecule has 7 heteroatoms. The number of hydrogen-bond acceptors (Lipinski definition) is 3. The van der Waals surface area contributed by atoms with Gasteiger partial charge in [0.05, 0.1) is 4.47 Å². The zero-order chi connectivity index (χ0) is 11.7. The molecule has 0 radical (unpaired) electrons. The number of nitrogens with two attached hydrogens (primary N) is 1. The molecule has 4 N–H and O–H groups in total. The Hall–Kier alpha value is -0.110. The third-order valence-corrected chi connectivity index (χ3v) is 5.05. The van der Waals surface area contributed by atoms with Crippen molar-refractivity contribution in [3.63, 3.8) is 0 Å². The van der Waals surface area contributed by atoms with E-state index in [1.54, 1.807) is 0 Å². The molecule has 1 atom stereocenters. The molecule has 15 heavy (non-hydrogen) atoms. The Morgan fingerprint density at radius 1 is 1.33 bits per heavy atom. The molecule has 0 bridgehead atoms. The molecule has 1 aromatic rings. The third kappa shape index (κ3) is 2.52. The second-order valence-electron chi connectivity index (χ2n) is 2.74. The Labute approximate surface area is 111 Å². The van der Waals surface area contributed by atoms with Gasteiger partial charge in [-0.2, -0.15) is 0 Å². The predicted molar refractivity (Wildman–Crippen MR) is 65.8 cm³/mol. The molecule has 0 saturated carbocycles. The molecule has 1 aromatic carbocycles. The summed E-state index contributed by atoms with van der Waals surface area (Å²) in [6.45, 7) is 0. The molecular formula is C8H6Br3NO3. The van der Waals surface area contributed by atoms with Crippen LogP contribution in [0.2, 0.25) is 0 Å². The average molecular weight is 404 g/mol. The van der Waals surface area contributed by atoms with Crippen LogP contribution in [0.15, 0.2) is 19.5 Å². The number of aromatic hydroxyl groups is 1. The van der Waals surface area contributed by atoms with Crippen molar-refractivity contribution < 1.29 is 15.0 Å². The minimum Gasteiger partial charge on any atom is -0.506 e. The number of carboxylic acids is 1. The predicted octanol–water partition coefficient (Wildman–Crippen LogP) is 2.76. The first-order valence-electron chi connectivity index (χ1n) is 3.71. The van der Waals surface area contributed by atoms with Gasteiger partial charge in [0, 0.05) is 14.5 Å². The van der Waals surface area contributed by atoms with Gasteiger partial charge < -0.3 is 15.9 Å². The second-order valence-corrected chi connectivity index (χ2v) is 5.18. The molecule has 82 valence electrons.